The van der Waals surface area contributed by atoms with E-state index >= 15 is 0 Å². The van der Waals surface area contributed by atoms with Crippen molar-refractivity contribution in [2.24, 2.45) is 0 Å². The Hall–Kier alpha value is -0.130. The molecule has 0 bridgehead atoms. The molecule has 15 heavy (non-hydrogen) atoms. The molecule has 1 unspecified atom stereocenters. The summed E-state index contributed by atoms with van der Waals surface area (Å²) in [6.07, 6.45) is 2.07. The van der Waals surface area contributed by atoms with Crippen molar-refractivity contribution >= 4 is 9.84 Å². The molecule has 1 N–H and O–H groups in total. The molecule has 4 nitrogen and oxygen atoms in total. The van der Waals surface area contributed by atoms with E-state index in [4.69, 9.17) is 0 Å². The summed E-state index contributed by atoms with van der Waals surface area (Å²) >= 11 is 0. The molecule has 1 aliphatic heterocycles. The van der Waals surface area contributed by atoms with Crippen molar-refractivity contribution in [3.05, 3.63) is 0 Å². The van der Waals surface area contributed by atoms with Crippen LogP contribution in [0.15, 0.2) is 0 Å². The van der Waals surface area contributed by atoms with Gasteiger partial charge < -0.3 is 10.2 Å². The Morgan fingerprint density at radius 3 is 2.73 bits per heavy atom. The largest absolute Gasteiger partial charge is 0.312 e. The van der Waals surface area contributed by atoms with E-state index in [1.807, 2.05) is 0 Å². The van der Waals surface area contributed by atoms with Gasteiger partial charge in [0.1, 0.15) is 0 Å². The number of rotatable bonds is 5. The molecule has 0 saturated carbocycles. The van der Waals surface area contributed by atoms with Crippen molar-refractivity contribution in [3.63, 3.8) is 0 Å². The van der Waals surface area contributed by atoms with Gasteiger partial charge in [-0.05, 0) is 33.0 Å². The van der Waals surface area contributed by atoms with Gasteiger partial charge in [-0.15, -0.1) is 0 Å². The number of nitrogens with zero attached hydrogens (tertiary/aromatic N) is 1. The summed E-state index contributed by atoms with van der Waals surface area (Å²) in [5.74, 6) is 0.612. The predicted octanol–water partition coefficient (Wildman–Crippen LogP) is 0.105. The molecule has 1 fully saturated rings. The molecule has 1 saturated heterocycles. The normalized spacial score (nSPS) is 25.7. The summed E-state index contributed by atoms with van der Waals surface area (Å²) in [4.78, 5) is 2.25. The zero-order chi connectivity index (χ0) is 11.3. The standard InChI is InChI=1S/C10H22N2O2S/c1-3-6-12(2)7-4-10-9-15(13,14)8-5-11-10/h10-11H,3-9H2,1-2H3. The van der Waals surface area contributed by atoms with Crippen molar-refractivity contribution in [3.8, 4) is 0 Å². The van der Waals surface area contributed by atoms with Gasteiger partial charge in [-0.3, -0.25) is 0 Å². The fraction of sp³-hybridized carbons (Fsp3) is 1.00. The van der Waals surface area contributed by atoms with Crippen LogP contribution >= 0.6 is 0 Å². The van der Waals surface area contributed by atoms with Gasteiger partial charge in [-0.1, -0.05) is 6.92 Å². The summed E-state index contributed by atoms with van der Waals surface area (Å²) < 4.78 is 22.8. The first-order valence-electron chi connectivity index (χ1n) is 5.66. The maximum atomic E-state index is 11.4. The quantitative estimate of drug-likeness (QED) is 0.733. The van der Waals surface area contributed by atoms with Crippen LogP contribution in [0.3, 0.4) is 0 Å². The third-order valence-corrected chi connectivity index (χ3v) is 4.50. The van der Waals surface area contributed by atoms with Gasteiger partial charge >= 0.3 is 0 Å². The summed E-state index contributed by atoms with van der Waals surface area (Å²) in [6.45, 7) is 4.82. The third kappa shape index (κ3) is 4.95. The summed E-state index contributed by atoms with van der Waals surface area (Å²) in [5, 5.41) is 3.27. The topological polar surface area (TPSA) is 49.4 Å². The molecule has 90 valence electrons. The monoisotopic (exact) mass is 234 g/mol. The van der Waals surface area contributed by atoms with Gasteiger partial charge in [0, 0.05) is 12.6 Å². The molecule has 5 heteroatoms. The Balaban J connectivity index is 2.27. The number of hydrogen-bond donors (Lipinski definition) is 1. The molecule has 0 aromatic heterocycles. The van der Waals surface area contributed by atoms with Gasteiger partial charge in [0.2, 0.25) is 0 Å². The molecule has 1 heterocycles. The smallest absolute Gasteiger partial charge is 0.153 e. The highest BCUT2D eigenvalue weighted by molar-refractivity contribution is 7.91. The van der Waals surface area contributed by atoms with E-state index in [1.54, 1.807) is 0 Å². The fourth-order valence-corrected chi connectivity index (χ4v) is 3.42. The van der Waals surface area contributed by atoms with Crippen LogP contribution in [-0.2, 0) is 9.84 Å². The van der Waals surface area contributed by atoms with Crippen LogP contribution in [0.2, 0.25) is 0 Å². The molecule has 1 aliphatic rings. The van der Waals surface area contributed by atoms with Crippen molar-refractivity contribution in [2.45, 2.75) is 25.8 Å². The van der Waals surface area contributed by atoms with Crippen LogP contribution in [0.1, 0.15) is 19.8 Å². The van der Waals surface area contributed by atoms with Crippen LogP contribution in [-0.4, -0.2) is 57.5 Å². The molecule has 0 aromatic rings. The fourth-order valence-electron chi connectivity index (χ4n) is 1.92. The molecule has 0 aliphatic carbocycles. The van der Waals surface area contributed by atoms with Crippen molar-refractivity contribution in [2.75, 3.05) is 38.2 Å². The highest BCUT2D eigenvalue weighted by atomic mass is 32.2. The van der Waals surface area contributed by atoms with E-state index in [9.17, 15) is 8.42 Å². The zero-order valence-corrected chi connectivity index (χ0v) is 10.5. The summed E-state index contributed by atoms with van der Waals surface area (Å²) in [6, 6.07) is 0.156. The maximum Gasteiger partial charge on any atom is 0.153 e. The van der Waals surface area contributed by atoms with Crippen molar-refractivity contribution in [1.82, 2.24) is 10.2 Å². The average molecular weight is 234 g/mol. The predicted molar refractivity (Wildman–Crippen MR) is 62.8 cm³/mol. The summed E-state index contributed by atoms with van der Waals surface area (Å²) in [5.41, 5.74) is 0. The number of nitrogens with one attached hydrogen (secondary N) is 1. The minimum absolute atomic E-state index is 0.156. The lowest BCUT2D eigenvalue weighted by molar-refractivity contribution is 0.311. The second-order valence-corrected chi connectivity index (χ2v) is 6.59. The highest BCUT2D eigenvalue weighted by Gasteiger charge is 2.23. The average Bonchev–Trinajstić information content (AvgIpc) is 2.14. The Morgan fingerprint density at radius 2 is 2.13 bits per heavy atom. The molecular weight excluding hydrogens is 212 g/mol. The molecule has 0 aromatic carbocycles. The second-order valence-electron chi connectivity index (χ2n) is 4.36. The van der Waals surface area contributed by atoms with Gasteiger partial charge in [0.15, 0.2) is 9.84 Å². The Labute approximate surface area is 93.0 Å². The van der Waals surface area contributed by atoms with Crippen LogP contribution in [0.5, 0.6) is 0 Å². The lowest BCUT2D eigenvalue weighted by Gasteiger charge is -2.25. The molecule has 0 radical (unpaired) electrons. The first-order valence-corrected chi connectivity index (χ1v) is 7.48. The lowest BCUT2D eigenvalue weighted by Crippen LogP contribution is -2.46. The molecule has 1 atom stereocenters. The van der Waals surface area contributed by atoms with Crippen LogP contribution in [0.4, 0.5) is 0 Å². The molecule has 1 rings (SSSR count). The van der Waals surface area contributed by atoms with E-state index in [-0.39, 0.29) is 6.04 Å². The maximum absolute atomic E-state index is 11.4. The van der Waals surface area contributed by atoms with E-state index in [0.717, 1.165) is 25.9 Å². The Morgan fingerprint density at radius 1 is 1.40 bits per heavy atom. The molecular formula is C10H22N2O2S. The van der Waals surface area contributed by atoms with Crippen LogP contribution in [0, 0.1) is 0 Å². The van der Waals surface area contributed by atoms with E-state index < -0.39 is 9.84 Å². The first-order chi connectivity index (χ1) is 7.03. The first kappa shape index (κ1) is 12.9. The van der Waals surface area contributed by atoms with E-state index in [2.05, 4.69) is 24.2 Å². The van der Waals surface area contributed by atoms with Gasteiger partial charge in [0.05, 0.1) is 11.5 Å². The molecule has 0 spiro atoms. The lowest BCUT2D eigenvalue weighted by atomic mass is 10.2. The third-order valence-electron chi connectivity index (χ3n) is 2.77. The molecule has 0 amide bonds. The Bertz CT molecular complexity index is 277. The van der Waals surface area contributed by atoms with Crippen molar-refractivity contribution in [1.29, 1.82) is 0 Å². The summed E-state index contributed by atoms with van der Waals surface area (Å²) in [7, 11) is -0.689. The van der Waals surface area contributed by atoms with Gasteiger partial charge in [-0.2, -0.15) is 0 Å². The van der Waals surface area contributed by atoms with Gasteiger partial charge in [-0.25, -0.2) is 8.42 Å². The number of hydrogen-bond acceptors (Lipinski definition) is 4. The number of sulfone groups is 1. The van der Waals surface area contributed by atoms with Crippen molar-refractivity contribution < 1.29 is 8.42 Å². The minimum Gasteiger partial charge on any atom is -0.312 e. The second kappa shape index (κ2) is 5.82. The SMILES string of the molecule is CCCN(C)CCC1CS(=O)(=O)CCN1. The minimum atomic E-state index is -2.77. The van der Waals surface area contributed by atoms with E-state index in [1.165, 1.54) is 0 Å². The van der Waals surface area contributed by atoms with Gasteiger partial charge in [0.25, 0.3) is 0 Å². The zero-order valence-electron chi connectivity index (χ0n) is 9.70. The van der Waals surface area contributed by atoms with Crippen LogP contribution < -0.4 is 5.32 Å². The highest BCUT2D eigenvalue weighted by Crippen LogP contribution is 2.05. The van der Waals surface area contributed by atoms with E-state index in [0.29, 0.717) is 18.1 Å². The Kier molecular flexibility index (Phi) is 5.02. The van der Waals surface area contributed by atoms with Crippen LogP contribution in [0.25, 0.3) is 0 Å².